The molecule has 0 heterocycles. The highest BCUT2D eigenvalue weighted by atomic mass is 16.5. The Labute approximate surface area is 91.6 Å². The molecule has 15 heavy (non-hydrogen) atoms. The summed E-state index contributed by atoms with van der Waals surface area (Å²) in [6.07, 6.45) is 6.88. The van der Waals surface area contributed by atoms with E-state index < -0.39 is 0 Å². The molecule has 0 bridgehead atoms. The van der Waals surface area contributed by atoms with Crippen LogP contribution in [0.4, 0.5) is 5.69 Å². The van der Waals surface area contributed by atoms with Crippen LogP contribution in [0.2, 0.25) is 0 Å². The maximum absolute atomic E-state index is 5.20. The first-order chi connectivity index (χ1) is 7.38. The van der Waals surface area contributed by atoms with Crippen LogP contribution >= 0.6 is 0 Å². The van der Waals surface area contributed by atoms with Crippen molar-refractivity contribution in [1.29, 1.82) is 0 Å². The van der Waals surface area contributed by atoms with Crippen molar-refractivity contribution in [2.75, 3.05) is 25.6 Å². The van der Waals surface area contributed by atoms with Crippen LogP contribution in [-0.4, -0.2) is 20.3 Å². The van der Waals surface area contributed by atoms with Crippen molar-refractivity contribution < 1.29 is 4.74 Å². The molecule has 0 aliphatic rings. The number of hydrogen-bond acceptors (Lipinski definition) is 2. The smallest absolute Gasteiger partial charge is 0.0503 e. The highest BCUT2D eigenvalue weighted by Crippen LogP contribution is 2.15. The van der Waals surface area contributed by atoms with E-state index in [-0.39, 0.29) is 0 Å². The molecule has 2 heteroatoms. The van der Waals surface area contributed by atoms with E-state index in [4.69, 9.17) is 11.2 Å². The summed E-state index contributed by atoms with van der Waals surface area (Å²) in [5, 5.41) is 3.33. The molecule has 2 nitrogen and oxygen atoms in total. The Morgan fingerprint density at radius 1 is 1.40 bits per heavy atom. The van der Waals surface area contributed by atoms with Gasteiger partial charge in [0.25, 0.3) is 0 Å². The van der Waals surface area contributed by atoms with Crippen molar-refractivity contribution in [3.8, 4) is 12.3 Å². The number of para-hydroxylation sites is 1. The lowest BCUT2D eigenvalue weighted by molar-refractivity contribution is 0.202. The lowest BCUT2D eigenvalue weighted by atomic mass is 10.1. The van der Waals surface area contributed by atoms with Crippen molar-refractivity contribution in [2.45, 2.75) is 12.8 Å². The number of terminal acetylenes is 1. The molecule has 0 atom stereocenters. The third-order valence-corrected chi connectivity index (χ3v) is 2.18. The van der Waals surface area contributed by atoms with Gasteiger partial charge in [0.05, 0.1) is 6.61 Å². The van der Waals surface area contributed by atoms with E-state index in [9.17, 15) is 0 Å². The minimum absolute atomic E-state index is 0.744. The topological polar surface area (TPSA) is 21.3 Å². The number of ether oxygens (including phenoxy) is 1. The van der Waals surface area contributed by atoms with E-state index in [0.717, 1.165) is 31.7 Å². The predicted octanol–water partition coefficient (Wildman–Crippen LogP) is 2.31. The molecule has 0 saturated carbocycles. The Hall–Kier alpha value is -1.46. The van der Waals surface area contributed by atoms with Gasteiger partial charge in [0.15, 0.2) is 0 Å². The molecule has 0 radical (unpaired) electrons. The third kappa shape index (κ3) is 4.05. The van der Waals surface area contributed by atoms with E-state index in [1.807, 2.05) is 12.1 Å². The summed E-state index contributed by atoms with van der Waals surface area (Å²) in [5.74, 6) is 2.61. The summed E-state index contributed by atoms with van der Waals surface area (Å²) in [6, 6.07) is 8.24. The number of rotatable bonds is 6. The molecule has 1 aromatic carbocycles. The molecule has 1 rings (SSSR count). The van der Waals surface area contributed by atoms with E-state index in [1.165, 1.54) is 5.56 Å². The molecule has 1 N–H and O–H groups in total. The Morgan fingerprint density at radius 3 is 2.93 bits per heavy atom. The number of benzene rings is 1. The quantitative estimate of drug-likeness (QED) is 0.566. The third-order valence-electron chi connectivity index (χ3n) is 2.18. The van der Waals surface area contributed by atoms with Gasteiger partial charge in [0, 0.05) is 25.8 Å². The molecule has 0 aromatic heterocycles. The largest absolute Gasteiger partial charge is 0.384 e. The van der Waals surface area contributed by atoms with Crippen molar-refractivity contribution in [3.05, 3.63) is 29.8 Å². The van der Waals surface area contributed by atoms with Crippen molar-refractivity contribution in [1.82, 2.24) is 0 Å². The Kier molecular flexibility index (Phi) is 5.35. The summed E-state index contributed by atoms with van der Waals surface area (Å²) >= 11 is 0. The first-order valence-electron chi connectivity index (χ1n) is 5.12. The molecule has 0 saturated heterocycles. The van der Waals surface area contributed by atoms with Crippen LogP contribution in [0, 0.1) is 12.3 Å². The minimum atomic E-state index is 0.744. The van der Waals surface area contributed by atoms with Crippen molar-refractivity contribution in [3.63, 3.8) is 0 Å². The Morgan fingerprint density at radius 2 is 2.20 bits per heavy atom. The summed E-state index contributed by atoms with van der Waals surface area (Å²) in [6.45, 7) is 1.56. The van der Waals surface area contributed by atoms with Crippen LogP contribution in [0.3, 0.4) is 0 Å². The maximum Gasteiger partial charge on any atom is 0.0503 e. The first-order valence-corrected chi connectivity index (χ1v) is 5.12. The van der Waals surface area contributed by atoms with Crippen LogP contribution in [0.15, 0.2) is 24.3 Å². The monoisotopic (exact) mass is 203 g/mol. The highest BCUT2D eigenvalue weighted by molar-refractivity contribution is 5.51. The molecule has 0 aliphatic heterocycles. The summed E-state index contributed by atoms with van der Waals surface area (Å²) in [5.41, 5.74) is 2.43. The predicted molar refractivity (Wildman–Crippen MR) is 64.0 cm³/mol. The van der Waals surface area contributed by atoms with Crippen LogP contribution in [-0.2, 0) is 11.2 Å². The zero-order chi connectivity index (χ0) is 10.9. The summed E-state index contributed by atoms with van der Waals surface area (Å²) in [7, 11) is 1.72. The summed E-state index contributed by atoms with van der Waals surface area (Å²) in [4.78, 5) is 0. The normalized spacial score (nSPS) is 9.60. The highest BCUT2D eigenvalue weighted by Gasteiger charge is 1.99. The van der Waals surface area contributed by atoms with Gasteiger partial charge in [-0.1, -0.05) is 18.2 Å². The van der Waals surface area contributed by atoms with Gasteiger partial charge in [-0.25, -0.2) is 0 Å². The fraction of sp³-hybridized carbons (Fsp3) is 0.385. The molecule has 0 unspecified atom stereocenters. The first kappa shape index (κ1) is 11.6. The number of anilines is 1. The van der Waals surface area contributed by atoms with Gasteiger partial charge < -0.3 is 10.1 Å². The number of methoxy groups -OCH3 is 1. The standard InChI is InChI=1S/C13H17NO/c1-3-4-10-14-13-8-6-5-7-12(13)9-11-15-2/h1,5-8,14H,4,9-11H2,2H3. The van der Waals surface area contributed by atoms with Gasteiger partial charge in [-0.05, 0) is 18.1 Å². The second kappa shape index (κ2) is 6.92. The van der Waals surface area contributed by atoms with Crippen molar-refractivity contribution in [2.24, 2.45) is 0 Å². The van der Waals surface area contributed by atoms with Crippen LogP contribution < -0.4 is 5.32 Å². The maximum atomic E-state index is 5.20. The SMILES string of the molecule is C#CCCNc1ccccc1CCOC. The molecule has 1 aromatic rings. The van der Waals surface area contributed by atoms with Gasteiger partial charge in [0.2, 0.25) is 0 Å². The van der Waals surface area contributed by atoms with Gasteiger partial charge in [0.1, 0.15) is 0 Å². The zero-order valence-corrected chi connectivity index (χ0v) is 9.12. The Balaban J connectivity index is 2.56. The molecule has 80 valence electrons. The second-order valence-electron chi connectivity index (χ2n) is 3.28. The average molecular weight is 203 g/mol. The number of nitrogens with one attached hydrogen (secondary N) is 1. The van der Waals surface area contributed by atoms with Crippen molar-refractivity contribution >= 4 is 5.69 Å². The van der Waals surface area contributed by atoms with Gasteiger partial charge in [-0.2, -0.15) is 0 Å². The lowest BCUT2D eigenvalue weighted by Crippen LogP contribution is -2.05. The Bertz CT molecular complexity index is 328. The molecule has 0 amide bonds. The zero-order valence-electron chi connectivity index (χ0n) is 9.12. The fourth-order valence-electron chi connectivity index (χ4n) is 1.39. The second-order valence-corrected chi connectivity index (χ2v) is 3.28. The molecular formula is C13H17NO. The fourth-order valence-corrected chi connectivity index (χ4v) is 1.39. The van der Waals surface area contributed by atoms with Crippen LogP contribution in [0.5, 0.6) is 0 Å². The van der Waals surface area contributed by atoms with Gasteiger partial charge >= 0.3 is 0 Å². The summed E-state index contributed by atoms with van der Waals surface area (Å²) < 4.78 is 5.07. The van der Waals surface area contributed by atoms with E-state index in [2.05, 4.69) is 23.4 Å². The van der Waals surface area contributed by atoms with E-state index >= 15 is 0 Å². The average Bonchev–Trinajstić information content (AvgIpc) is 2.28. The van der Waals surface area contributed by atoms with Gasteiger partial charge in [-0.15, -0.1) is 12.3 Å². The molecule has 0 spiro atoms. The molecule has 0 aliphatic carbocycles. The van der Waals surface area contributed by atoms with Crippen LogP contribution in [0.25, 0.3) is 0 Å². The molecule has 0 fully saturated rings. The number of hydrogen-bond donors (Lipinski definition) is 1. The van der Waals surface area contributed by atoms with Crippen LogP contribution in [0.1, 0.15) is 12.0 Å². The van der Waals surface area contributed by atoms with E-state index in [0.29, 0.717) is 0 Å². The van der Waals surface area contributed by atoms with Gasteiger partial charge in [-0.3, -0.25) is 0 Å². The lowest BCUT2D eigenvalue weighted by Gasteiger charge is -2.10. The van der Waals surface area contributed by atoms with E-state index in [1.54, 1.807) is 7.11 Å². The minimum Gasteiger partial charge on any atom is -0.384 e. The molecular weight excluding hydrogens is 186 g/mol.